The van der Waals surface area contributed by atoms with Crippen molar-refractivity contribution in [3.63, 3.8) is 0 Å². The molecule has 0 spiro atoms. The van der Waals surface area contributed by atoms with Crippen LogP contribution in [0.4, 0.5) is 0 Å². The number of nitrogens with one attached hydrogen (secondary N) is 1. The molecule has 1 aromatic carbocycles. The van der Waals surface area contributed by atoms with E-state index in [1.165, 1.54) is 12.1 Å². The molecule has 2 atom stereocenters. The maximum atomic E-state index is 12.2. The zero-order valence-electron chi connectivity index (χ0n) is 10.5. The van der Waals surface area contributed by atoms with Crippen molar-refractivity contribution in [1.82, 2.24) is 4.72 Å². The highest BCUT2D eigenvalue weighted by atomic mass is 79.9. The van der Waals surface area contributed by atoms with Gasteiger partial charge in [-0.3, -0.25) is 0 Å². The second-order valence-corrected chi connectivity index (χ2v) is 7.33. The van der Waals surface area contributed by atoms with E-state index in [0.29, 0.717) is 16.0 Å². The minimum absolute atomic E-state index is 0.0241. The summed E-state index contributed by atoms with van der Waals surface area (Å²) in [5.74, 6) is -0.816. The van der Waals surface area contributed by atoms with Crippen LogP contribution < -0.4 is 4.72 Å². The fourth-order valence-corrected chi connectivity index (χ4v) is 4.21. The topological polar surface area (TPSA) is 83.5 Å². The van der Waals surface area contributed by atoms with E-state index >= 15 is 0 Å². The third-order valence-corrected chi connectivity index (χ3v) is 6.00. The molecule has 2 unspecified atom stereocenters. The van der Waals surface area contributed by atoms with E-state index in [9.17, 15) is 13.2 Å². The lowest BCUT2D eigenvalue weighted by atomic mass is 10.1. The first kappa shape index (κ1) is 14.5. The van der Waals surface area contributed by atoms with Crippen LogP contribution in [-0.4, -0.2) is 25.5 Å². The van der Waals surface area contributed by atoms with Crippen LogP contribution in [0.1, 0.15) is 29.3 Å². The third-order valence-electron chi connectivity index (χ3n) is 3.17. The lowest BCUT2D eigenvalue weighted by molar-refractivity contribution is 0.0696. The summed E-state index contributed by atoms with van der Waals surface area (Å²) in [4.78, 5) is 11.0. The van der Waals surface area contributed by atoms with Crippen molar-refractivity contribution in [1.29, 1.82) is 0 Å². The molecule has 0 amide bonds. The summed E-state index contributed by atoms with van der Waals surface area (Å²) in [6, 6.07) is 2.56. The fraction of sp³-hybridized carbons (Fsp3) is 0.417. The van der Waals surface area contributed by atoms with E-state index in [1.807, 2.05) is 6.92 Å². The fourth-order valence-electron chi connectivity index (χ4n) is 1.81. The largest absolute Gasteiger partial charge is 0.478 e. The summed E-state index contributed by atoms with van der Waals surface area (Å²) < 4.78 is 27.5. The van der Waals surface area contributed by atoms with Crippen LogP contribution in [0, 0.1) is 12.8 Å². The minimum atomic E-state index is -3.70. The third kappa shape index (κ3) is 2.98. The molecule has 0 bridgehead atoms. The molecule has 1 saturated carbocycles. The normalized spacial score (nSPS) is 22.3. The molecule has 104 valence electrons. The van der Waals surface area contributed by atoms with Crippen LogP contribution >= 0.6 is 15.9 Å². The Morgan fingerprint density at radius 3 is 2.53 bits per heavy atom. The molecule has 5 nitrogen and oxygen atoms in total. The molecule has 7 heteroatoms. The van der Waals surface area contributed by atoms with Gasteiger partial charge in [0.05, 0.1) is 10.5 Å². The first-order chi connectivity index (χ1) is 8.72. The molecule has 1 fully saturated rings. The summed E-state index contributed by atoms with van der Waals surface area (Å²) in [6.45, 7) is 3.62. The Labute approximate surface area is 120 Å². The predicted octanol–water partition coefficient (Wildman–Crippen LogP) is 2.14. The van der Waals surface area contributed by atoms with Gasteiger partial charge in [0.25, 0.3) is 0 Å². The lowest BCUT2D eigenvalue weighted by Gasteiger charge is -2.11. The van der Waals surface area contributed by atoms with Gasteiger partial charge in [0, 0.05) is 10.5 Å². The number of halogens is 1. The molecule has 1 aliphatic carbocycles. The number of rotatable bonds is 4. The van der Waals surface area contributed by atoms with Crippen molar-refractivity contribution in [2.24, 2.45) is 5.92 Å². The van der Waals surface area contributed by atoms with Crippen molar-refractivity contribution < 1.29 is 18.3 Å². The number of carbonyl (C=O) groups is 1. The second kappa shape index (κ2) is 4.88. The van der Waals surface area contributed by atoms with E-state index in [4.69, 9.17) is 5.11 Å². The van der Waals surface area contributed by atoms with E-state index in [-0.39, 0.29) is 16.5 Å². The highest BCUT2D eigenvalue weighted by molar-refractivity contribution is 9.10. The molecule has 1 aromatic rings. The first-order valence-corrected chi connectivity index (χ1v) is 8.06. The smallest absolute Gasteiger partial charge is 0.335 e. The highest BCUT2D eigenvalue weighted by Crippen LogP contribution is 2.33. The van der Waals surface area contributed by atoms with Crippen LogP contribution in [0.25, 0.3) is 0 Å². The number of aryl methyl sites for hydroxylation is 1. The van der Waals surface area contributed by atoms with Crippen molar-refractivity contribution >= 4 is 31.9 Å². The number of hydrogen-bond acceptors (Lipinski definition) is 3. The molecule has 0 aromatic heterocycles. The zero-order chi connectivity index (χ0) is 14.4. The number of hydrogen-bond donors (Lipinski definition) is 2. The predicted molar refractivity (Wildman–Crippen MR) is 73.7 cm³/mol. The van der Waals surface area contributed by atoms with Crippen molar-refractivity contribution in [3.05, 3.63) is 27.7 Å². The Morgan fingerprint density at radius 1 is 1.47 bits per heavy atom. The van der Waals surface area contributed by atoms with Crippen LogP contribution in [-0.2, 0) is 10.0 Å². The molecule has 2 N–H and O–H groups in total. The van der Waals surface area contributed by atoms with E-state index < -0.39 is 16.0 Å². The van der Waals surface area contributed by atoms with Gasteiger partial charge in [-0.15, -0.1) is 0 Å². The molecule has 0 radical (unpaired) electrons. The van der Waals surface area contributed by atoms with E-state index in [2.05, 4.69) is 20.7 Å². The van der Waals surface area contributed by atoms with Gasteiger partial charge in [-0.05, 0) is 52.9 Å². The molecule has 19 heavy (non-hydrogen) atoms. The SMILES string of the molecule is Cc1cc(C(=O)O)cc(S(=O)(=O)NC2CC2C)c1Br. The van der Waals surface area contributed by atoms with Crippen LogP contribution in [0.2, 0.25) is 0 Å². The quantitative estimate of drug-likeness (QED) is 0.873. The van der Waals surface area contributed by atoms with Crippen molar-refractivity contribution in [2.75, 3.05) is 0 Å². The molecule has 0 heterocycles. The maximum Gasteiger partial charge on any atom is 0.335 e. The molecule has 0 saturated heterocycles. The molecule has 2 rings (SSSR count). The summed E-state index contributed by atoms with van der Waals surface area (Å²) >= 11 is 3.21. The first-order valence-electron chi connectivity index (χ1n) is 5.78. The lowest BCUT2D eigenvalue weighted by Crippen LogP contribution is -2.27. The summed E-state index contributed by atoms with van der Waals surface area (Å²) in [6.07, 6.45) is 0.814. The van der Waals surface area contributed by atoms with E-state index in [1.54, 1.807) is 6.92 Å². The van der Waals surface area contributed by atoms with E-state index in [0.717, 1.165) is 6.42 Å². The monoisotopic (exact) mass is 347 g/mol. The Hall–Kier alpha value is -0.920. The summed E-state index contributed by atoms with van der Waals surface area (Å²) in [5, 5.41) is 9.00. The Bertz CT molecular complexity index is 641. The van der Waals surface area contributed by atoms with Gasteiger partial charge in [0.2, 0.25) is 10.0 Å². The second-order valence-electron chi connectivity index (χ2n) is 4.85. The van der Waals surface area contributed by atoms with Crippen LogP contribution in [0.3, 0.4) is 0 Å². The Kier molecular flexibility index (Phi) is 3.72. The highest BCUT2D eigenvalue weighted by Gasteiger charge is 2.37. The minimum Gasteiger partial charge on any atom is -0.478 e. The standard InChI is InChI=1S/C12H14BrNO4S/c1-6-4-9(6)14-19(17,18)10-5-8(12(15)16)3-7(2)11(10)13/h3,5-6,9,14H,4H2,1-2H3,(H,15,16). The van der Waals surface area contributed by atoms with Gasteiger partial charge < -0.3 is 5.11 Å². The van der Waals surface area contributed by atoms with Gasteiger partial charge in [0.15, 0.2) is 0 Å². The average molecular weight is 348 g/mol. The van der Waals surface area contributed by atoms with Gasteiger partial charge in [-0.1, -0.05) is 6.92 Å². The Morgan fingerprint density at radius 2 is 2.05 bits per heavy atom. The van der Waals surface area contributed by atoms with Crippen molar-refractivity contribution in [2.45, 2.75) is 31.2 Å². The molecular formula is C12H14BrNO4S. The average Bonchev–Trinajstić information content (AvgIpc) is 2.96. The van der Waals surface area contributed by atoms with Gasteiger partial charge >= 0.3 is 5.97 Å². The zero-order valence-corrected chi connectivity index (χ0v) is 12.9. The van der Waals surface area contributed by atoms with Gasteiger partial charge in [-0.25, -0.2) is 17.9 Å². The maximum absolute atomic E-state index is 12.2. The number of benzene rings is 1. The summed E-state index contributed by atoms with van der Waals surface area (Å²) in [5.41, 5.74) is 0.536. The summed E-state index contributed by atoms with van der Waals surface area (Å²) in [7, 11) is -3.70. The number of aromatic carboxylic acids is 1. The van der Waals surface area contributed by atoms with Crippen LogP contribution in [0.5, 0.6) is 0 Å². The molecule has 0 aliphatic heterocycles. The number of carboxylic acids is 1. The van der Waals surface area contributed by atoms with Gasteiger partial charge in [0.1, 0.15) is 0 Å². The number of carboxylic acid groups (broad SMARTS) is 1. The number of sulfonamides is 1. The molecular weight excluding hydrogens is 334 g/mol. The van der Waals surface area contributed by atoms with Gasteiger partial charge in [-0.2, -0.15) is 0 Å². The van der Waals surface area contributed by atoms with Crippen molar-refractivity contribution in [3.8, 4) is 0 Å². The molecule has 1 aliphatic rings. The van der Waals surface area contributed by atoms with Crippen LogP contribution in [0.15, 0.2) is 21.5 Å². The Balaban J connectivity index is 2.45.